The van der Waals surface area contributed by atoms with Crippen molar-refractivity contribution < 1.29 is 9.53 Å². The monoisotopic (exact) mass is 428 g/mol. The van der Waals surface area contributed by atoms with Crippen LogP contribution in [-0.2, 0) is 11.3 Å². The molecule has 8 heteroatoms. The molecule has 0 radical (unpaired) electrons. The SMILES string of the molecule is N#CCNC(=O)c1ccc(-c2ccnc(Nc3ccc(CN4CCOCC4)cc3)n2)cc1. The lowest BCUT2D eigenvalue weighted by Gasteiger charge is -2.26. The van der Waals surface area contributed by atoms with Crippen LogP contribution >= 0.6 is 0 Å². The number of nitriles is 1. The zero-order chi connectivity index (χ0) is 22.2. The predicted molar refractivity (Wildman–Crippen MR) is 121 cm³/mol. The standard InChI is InChI=1S/C24H24N6O2/c25-10-12-26-23(31)20-5-3-19(4-6-20)22-9-11-27-24(29-22)28-21-7-1-18(2-8-21)17-30-13-15-32-16-14-30/h1-9,11H,12-17H2,(H,26,31)(H,27,28,29). The first-order valence-electron chi connectivity index (χ1n) is 10.5. The van der Waals surface area contributed by atoms with E-state index in [-0.39, 0.29) is 12.5 Å². The van der Waals surface area contributed by atoms with Gasteiger partial charge >= 0.3 is 0 Å². The summed E-state index contributed by atoms with van der Waals surface area (Å²) in [5, 5.41) is 14.4. The Morgan fingerprint density at radius 1 is 1.06 bits per heavy atom. The number of hydrogen-bond donors (Lipinski definition) is 2. The molecule has 3 aromatic rings. The van der Waals surface area contributed by atoms with Crippen molar-refractivity contribution in [2.24, 2.45) is 0 Å². The maximum absolute atomic E-state index is 11.9. The van der Waals surface area contributed by atoms with E-state index in [1.807, 2.05) is 36.4 Å². The summed E-state index contributed by atoms with van der Waals surface area (Å²) in [5.41, 5.74) is 4.28. The number of nitrogens with one attached hydrogen (secondary N) is 2. The normalized spacial score (nSPS) is 13.8. The molecule has 0 spiro atoms. The first-order chi connectivity index (χ1) is 15.7. The summed E-state index contributed by atoms with van der Waals surface area (Å²) in [6.07, 6.45) is 1.70. The molecule has 0 aliphatic carbocycles. The molecule has 1 aromatic heterocycles. The van der Waals surface area contributed by atoms with Gasteiger partial charge in [0.25, 0.3) is 5.91 Å². The van der Waals surface area contributed by atoms with Crippen LogP contribution in [0.2, 0.25) is 0 Å². The van der Waals surface area contributed by atoms with Crippen molar-refractivity contribution in [3.05, 3.63) is 71.9 Å². The molecule has 0 atom stereocenters. The van der Waals surface area contributed by atoms with E-state index in [1.165, 1.54) is 5.56 Å². The Morgan fingerprint density at radius 2 is 1.81 bits per heavy atom. The fourth-order valence-corrected chi connectivity index (χ4v) is 3.43. The third-order valence-corrected chi connectivity index (χ3v) is 5.15. The van der Waals surface area contributed by atoms with E-state index in [1.54, 1.807) is 18.3 Å². The Labute approximate surface area is 186 Å². The second-order valence-corrected chi connectivity index (χ2v) is 7.39. The van der Waals surface area contributed by atoms with Crippen LogP contribution in [0.1, 0.15) is 15.9 Å². The van der Waals surface area contributed by atoms with Gasteiger partial charge in [-0.3, -0.25) is 9.69 Å². The zero-order valence-electron chi connectivity index (χ0n) is 17.6. The number of anilines is 2. The molecule has 0 saturated carbocycles. The van der Waals surface area contributed by atoms with Gasteiger partial charge in [-0.25, -0.2) is 9.97 Å². The van der Waals surface area contributed by atoms with Gasteiger partial charge in [-0.05, 0) is 35.9 Å². The topological polar surface area (TPSA) is 103 Å². The van der Waals surface area contributed by atoms with Crippen LogP contribution in [0, 0.1) is 11.3 Å². The minimum atomic E-state index is -0.278. The molecule has 8 nitrogen and oxygen atoms in total. The Balaban J connectivity index is 1.39. The van der Waals surface area contributed by atoms with Gasteiger partial charge in [0.2, 0.25) is 5.95 Å². The molecule has 1 aliphatic rings. The summed E-state index contributed by atoms with van der Waals surface area (Å²) in [7, 11) is 0. The van der Waals surface area contributed by atoms with E-state index >= 15 is 0 Å². The van der Waals surface area contributed by atoms with E-state index in [4.69, 9.17) is 10.00 Å². The molecule has 2 aromatic carbocycles. The van der Waals surface area contributed by atoms with E-state index in [0.29, 0.717) is 11.5 Å². The number of aromatic nitrogens is 2. The fourth-order valence-electron chi connectivity index (χ4n) is 3.43. The second kappa shape index (κ2) is 10.5. The molecular weight excluding hydrogens is 404 g/mol. The number of rotatable bonds is 7. The first kappa shape index (κ1) is 21.4. The Kier molecular flexibility index (Phi) is 7.02. The highest BCUT2D eigenvalue weighted by molar-refractivity contribution is 5.94. The molecule has 1 saturated heterocycles. The van der Waals surface area contributed by atoms with E-state index in [2.05, 4.69) is 37.6 Å². The quantitative estimate of drug-likeness (QED) is 0.558. The van der Waals surface area contributed by atoms with Crippen LogP contribution in [0.25, 0.3) is 11.3 Å². The summed E-state index contributed by atoms with van der Waals surface area (Å²) < 4.78 is 5.40. The van der Waals surface area contributed by atoms with Gasteiger partial charge in [0.05, 0.1) is 25.0 Å². The molecule has 1 fully saturated rings. The van der Waals surface area contributed by atoms with Gasteiger partial charge in [0, 0.05) is 42.6 Å². The molecule has 4 rings (SSSR count). The van der Waals surface area contributed by atoms with Crippen molar-refractivity contribution in [1.29, 1.82) is 5.26 Å². The maximum Gasteiger partial charge on any atom is 0.252 e. The van der Waals surface area contributed by atoms with Gasteiger partial charge < -0.3 is 15.4 Å². The van der Waals surface area contributed by atoms with Gasteiger partial charge in [-0.1, -0.05) is 24.3 Å². The van der Waals surface area contributed by atoms with Crippen LogP contribution < -0.4 is 10.6 Å². The Morgan fingerprint density at radius 3 is 2.53 bits per heavy atom. The summed E-state index contributed by atoms with van der Waals surface area (Å²) in [6, 6.07) is 19.1. The van der Waals surface area contributed by atoms with Crippen LogP contribution in [0.4, 0.5) is 11.6 Å². The van der Waals surface area contributed by atoms with Crippen molar-refractivity contribution in [3.8, 4) is 17.3 Å². The van der Waals surface area contributed by atoms with Crippen molar-refractivity contribution >= 4 is 17.5 Å². The van der Waals surface area contributed by atoms with E-state index < -0.39 is 0 Å². The first-order valence-corrected chi connectivity index (χ1v) is 10.5. The largest absolute Gasteiger partial charge is 0.379 e. The number of amides is 1. The predicted octanol–water partition coefficient (Wildman–Crippen LogP) is 2.97. The highest BCUT2D eigenvalue weighted by Gasteiger charge is 2.11. The minimum absolute atomic E-state index is 0.0181. The number of hydrogen-bond acceptors (Lipinski definition) is 7. The van der Waals surface area contributed by atoms with Crippen LogP contribution in [0.5, 0.6) is 0 Å². The number of carbonyl (C=O) groups is 1. The third kappa shape index (κ3) is 5.66. The Hall–Kier alpha value is -3.80. The lowest BCUT2D eigenvalue weighted by molar-refractivity contribution is 0.0342. The van der Waals surface area contributed by atoms with Crippen LogP contribution in [0.15, 0.2) is 60.8 Å². The average molecular weight is 428 g/mol. The Bertz CT molecular complexity index is 1090. The molecule has 1 aliphatic heterocycles. The molecule has 162 valence electrons. The molecule has 2 N–H and O–H groups in total. The van der Waals surface area contributed by atoms with E-state index in [0.717, 1.165) is 49.8 Å². The summed E-state index contributed by atoms with van der Waals surface area (Å²) in [6.45, 7) is 4.42. The van der Waals surface area contributed by atoms with Gasteiger partial charge in [-0.15, -0.1) is 0 Å². The lowest BCUT2D eigenvalue weighted by atomic mass is 10.1. The van der Waals surface area contributed by atoms with Gasteiger partial charge in [0.1, 0.15) is 6.54 Å². The van der Waals surface area contributed by atoms with Gasteiger partial charge in [0.15, 0.2) is 0 Å². The highest BCUT2D eigenvalue weighted by atomic mass is 16.5. The molecule has 1 amide bonds. The number of ether oxygens (including phenoxy) is 1. The summed E-state index contributed by atoms with van der Waals surface area (Å²) in [5.74, 6) is 0.222. The maximum atomic E-state index is 11.9. The number of benzene rings is 2. The molecule has 2 heterocycles. The lowest BCUT2D eigenvalue weighted by Crippen LogP contribution is -2.35. The smallest absolute Gasteiger partial charge is 0.252 e. The minimum Gasteiger partial charge on any atom is -0.379 e. The summed E-state index contributed by atoms with van der Waals surface area (Å²) in [4.78, 5) is 23.2. The number of morpholine rings is 1. The zero-order valence-corrected chi connectivity index (χ0v) is 17.6. The highest BCUT2D eigenvalue weighted by Crippen LogP contribution is 2.21. The van der Waals surface area contributed by atoms with Crippen LogP contribution in [-0.4, -0.2) is 53.6 Å². The van der Waals surface area contributed by atoms with Crippen molar-refractivity contribution in [1.82, 2.24) is 20.2 Å². The average Bonchev–Trinajstić information content (AvgIpc) is 2.85. The molecule has 0 bridgehead atoms. The van der Waals surface area contributed by atoms with Crippen LogP contribution in [0.3, 0.4) is 0 Å². The number of nitrogens with zero attached hydrogens (tertiary/aromatic N) is 4. The second-order valence-electron chi connectivity index (χ2n) is 7.39. The van der Waals surface area contributed by atoms with E-state index in [9.17, 15) is 4.79 Å². The van der Waals surface area contributed by atoms with Crippen molar-refractivity contribution in [2.75, 3.05) is 38.2 Å². The number of carbonyl (C=O) groups excluding carboxylic acids is 1. The van der Waals surface area contributed by atoms with Crippen molar-refractivity contribution in [3.63, 3.8) is 0 Å². The van der Waals surface area contributed by atoms with Gasteiger partial charge in [-0.2, -0.15) is 5.26 Å². The fraction of sp³-hybridized carbons (Fsp3) is 0.250. The van der Waals surface area contributed by atoms with Crippen molar-refractivity contribution in [2.45, 2.75) is 6.54 Å². The molecule has 0 unspecified atom stereocenters. The third-order valence-electron chi connectivity index (χ3n) is 5.15. The molecule has 32 heavy (non-hydrogen) atoms. The molecular formula is C24H24N6O2. The summed E-state index contributed by atoms with van der Waals surface area (Å²) >= 11 is 0.